The molecule has 2 aliphatic heterocycles. The fourth-order valence-electron chi connectivity index (χ4n) is 2.97. The molecular weight excluding hydrogens is 302 g/mol. The van der Waals surface area contributed by atoms with E-state index in [-0.39, 0.29) is 23.8 Å². The van der Waals surface area contributed by atoms with Gasteiger partial charge in [-0.1, -0.05) is 0 Å². The number of aliphatic imine (C=N–C) groups is 1. The second-order valence-corrected chi connectivity index (χ2v) is 9.03. The molecule has 0 spiro atoms. The maximum absolute atomic E-state index is 11.5. The summed E-state index contributed by atoms with van der Waals surface area (Å²) in [5.41, 5.74) is 0. The van der Waals surface area contributed by atoms with Gasteiger partial charge in [-0.15, -0.1) is 0 Å². The Morgan fingerprint density at radius 2 is 2.14 bits per heavy atom. The lowest BCUT2D eigenvalue weighted by Gasteiger charge is -2.30. The minimum Gasteiger partial charge on any atom is -0.378 e. The van der Waals surface area contributed by atoms with Crippen LogP contribution in [0.25, 0.3) is 0 Å². The maximum Gasteiger partial charge on any atom is 0.191 e. The van der Waals surface area contributed by atoms with E-state index >= 15 is 0 Å². The van der Waals surface area contributed by atoms with Gasteiger partial charge in [-0.25, -0.2) is 8.42 Å². The summed E-state index contributed by atoms with van der Waals surface area (Å²) in [4.78, 5) is 4.62. The average Bonchev–Trinajstić information content (AvgIpc) is 2.75. The molecule has 0 bridgehead atoms. The van der Waals surface area contributed by atoms with Crippen LogP contribution in [0.5, 0.6) is 0 Å². The van der Waals surface area contributed by atoms with E-state index in [4.69, 9.17) is 4.74 Å². The molecule has 2 N–H and O–H groups in total. The Hall–Kier alpha value is -0.820. The van der Waals surface area contributed by atoms with Crippen LogP contribution in [0.1, 0.15) is 40.0 Å². The zero-order chi connectivity index (χ0) is 16.2. The van der Waals surface area contributed by atoms with E-state index in [1.807, 2.05) is 0 Å². The molecular formula is C15H29N3O3S. The Morgan fingerprint density at radius 1 is 1.36 bits per heavy atom. The van der Waals surface area contributed by atoms with Crippen LogP contribution in [0, 0.1) is 5.92 Å². The van der Waals surface area contributed by atoms with Crippen molar-refractivity contribution in [3.63, 3.8) is 0 Å². The molecule has 2 aliphatic rings. The molecule has 3 unspecified atom stereocenters. The Bertz CT molecular complexity index is 490. The Balaban J connectivity index is 1.91. The summed E-state index contributed by atoms with van der Waals surface area (Å²) in [5.74, 6) is 1.54. The lowest BCUT2D eigenvalue weighted by Crippen LogP contribution is -2.48. The number of hydrogen-bond acceptors (Lipinski definition) is 4. The van der Waals surface area contributed by atoms with E-state index in [0.717, 1.165) is 31.8 Å². The van der Waals surface area contributed by atoms with Crippen molar-refractivity contribution < 1.29 is 13.2 Å². The number of nitrogens with one attached hydrogen (secondary N) is 2. The van der Waals surface area contributed by atoms with Crippen LogP contribution in [0.2, 0.25) is 0 Å². The second kappa shape index (κ2) is 7.64. The van der Waals surface area contributed by atoms with Crippen LogP contribution >= 0.6 is 0 Å². The number of rotatable bonds is 4. The van der Waals surface area contributed by atoms with Crippen LogP contribution < -0.4 is 10.6 Å². The second-order valence-electron chi connectivity index (χ2n) is 6.80. The van der Waals surface area contributed by atoms with E-state index in [0.29, 0.717) is 18.3 Å². The molecule has 0 saturated carbocycles. The molecule has 3 atom stereocenters. The molecule has 0 aromatic heterocycles. The highest BCUT2D eigenvalue weighted by molar-refractivity contribution is 7.91. The van der Waals surface area contributed by atoms with Crippen molar-refractivity contribution in [2.24, 2.45) is 10.9 Å². The van der Waals surface area contributed by atoms with Crippen LogP contribution in [0.3, 0.4) is 0 Å². The highest BCUT2D eigenvalue weighted by Gasteiger charge is 2.28. The first kappa shape index (κ1) is 17.5. The lowest BCUT2D eigenvalue weighted by atomic mass is 10.0. The highest BCUT2D eigenvalue weighted by Crippen LogP contribution is 2.18. The van der Waals surface area contributed by atoms with Gasteiger partial charge in [0.25, 0.3) is 0 Å². The van der Waals surface area contributed by atoms with Gasteiger partial charge in [0.05, 0.1) is 17.6 Å². The summed E-state index contributed by atoms with van der Waals surface area (Å²) in [6.07, 6.45) is 2.94. The predicted octanol–water partition coefficient (Wildman–Crippen LogP) is 0.932. The molecule has 22 heavy (non-hydrogen) atoms. The third kappa shape index (κ3) is 5.76. The van der Waals surface area contributed by atoms with Crippen molar-refractivity contribution in [1.29, 1.82) is 0 Å². The van der Waals surface area contributed by atoms with Crippen LogP contribution in [-0.2, 0) is 14.6 Å². The summed E-state index contributed by atoms with van der Waals surface area (Å²) >= 11 is 0. The molecule has 0 amide bonds. The monoisotopic (exact) mass is 331 g/mol. The smallest absolute Gasteiger partial charge is 0.191 e. The van der Waals surface area contributed by atoms with Gasteiger partial charge < -0.3 is 15.4 Å². The van der Waals surface area contributed by atoms with E-state index < -0.39 is 9.84 Å². The lowest BCUT2D eigenvalue weighted by molar-refractivity contribution is 0.0165. The summed E-state index contributed by atoms with van der Waals surface area (Å²) in [6.45, 7) is 7.58. The Labute approximate surface area is 134 Å². The van der Waals surface area contributed by atoms with Gasteiger partial charge in [0.1, 0.15) is 0 Å². The van der Waals surface area contributed by atoms with Gasteiger partial charge in [-0.05, 0) is 46.0 Å². The summed E-state index contributed by atoms with van der Waals surface area (Å²) in [6, 6.07) is 0.650. The molecule has 7 heteroatoms. The number of sulfone groups is 1. The molecule has 0 aromatic rings. The first-order valence-corrected chi connectivity index (χ1v) is 10.1. The van der Waals surface area contributed by atoms with Crippen molar-refractivity contribution in [3.05, 3.63) is 0 Å². The maximum atomic E-state index is 11.5. The van der Waals surface area contributed by atoms with E-state index in [1.165, 1.54) is 0 Å². The van der Waals surface area contributed by atoms with Crippen LogP contribution in [-0.4, -0.2) is 57.2 Å². The largest absolute Gasteiger partial charge is 0.378 e. The zero-order valence-corrected chi connectivity index (χ0v) is 14.7. The standard InChI is InChI=1S/C15H29N3O3S/c1-11(2)17-15(18-14-4-6-21-12(3)8-14)16-9-13-5-7-22(19,20)10-13/h11-14H,4-10H2,1-3H3,(H2,16,17,18). The molecule has 2 saturated heterocycles. The molecule has 2 rings (SSSR count). The van der Waals surface area contributed by atoms with Gasteiger partial charge in [0.15, 0.2) is 15.8 Å². The first-order valence-electron chi connectivity index (χ1n) is 8.23. The molecule has 2 heterocycles. The van der Waals surface area contributed by atoms with Gasteiger partial charge in [0.2, 0.25) is 0 Å². The SMILES string of the molecule is CC(C)NC(=NCC1CCS(=O)(=O)C1)NC1CCOC(C)C1. The van der Waals surface area contributed by atoms with Gasteiger partial charge >= 0.3 is 0 Å². The fraction of sp³-hybridized carbons (Fsp3) is 0.933. The highest BCUT2D eigenvalue weighted by atomic mass is 32.2. The number of ether oxygens (including phenoxy) is 1. The van der Waals surface area contributed by atoms with Crippen molar-refractivity contribution in [1.82, 2.24) is 10.6 Å². The minimum atomic E-state index is -2.83. The topological polar surface area (TPSA) is 79.8 Å². The number of hydrogen-bond donors (Lipinski definition) is 2. The first-order chi connectivity index (χ1) is 10.3. The van der Waals surface area contributed by atoms with E-state index in [2.05, 4.69) is 36.4 Å². The van der Waals surface area contributed by atoms with Crippen LogP contribution in [0.15, 0.2) is 4.99 Å². The van der Waals surface area contributed by atoms with Gasteiger partial charge in [0, 0.05) is 25.2 Å². The number of nitrogens with zero attached hydrogens (tertiary/aromatic N) is 1. The van der Waals surface area contributed by atoms with E-state index in [1.54, 1.807) is 0 Å². The predicted molar refractivity (Wildman–Crippen MR) is 88.9 cm³/mol. The summed E-state index contributed by atoms with van der Waals surface area (Å²) in [7, 11) is -2.83. The average molecular weight is 331 g/mol. The van der Waals surface area contributed by atoms with Crippen molar-refractivity contribution in [2.45, 2.75) is 58.2 Å². The normalized spacial score (nSPS) is 32.2. The quantitative estimate of drug-likeness (QED) is 0.592. The van der Waals surface area contributed by atoms with Gasteiger partial charge in [-0.2, -0.15) is 0 Å². The molecule has 128 valence electrons. The Kier molecular flexibility index (Phi) is 6.09. The van der Waals surface area contributed by atoms with Crippen molar-refractivity contribution in [2.75, 3.05) is 24.7 Å². The fourth-order valence-corrected chi connectivity index (χ4v) is 4.81. The third-order valence-corrected chi connectivity index (χ3v) is 5.92. The van der Waals surface area contributed by atoms with E-state index in [9.17, 15) is 8.42 Å². The molecule has 0 aromatic carbocycles. The zero-order valence-electron chi connectivity index (χ0n) is 13.8. The number of guanidine groups is 1. The summed E-state index contributed by atoms with van der Waals surface area (Å²) < 4.78 is 28.6. The minimum absolute atomic E-state index is 0.157. The third-order valence-electron chi connectivity index (χ3n) is 4.09. The van der Waals surface area contributed by atoms with Crippen LogP contribution in [0.4, 0.5) is 0 Å². The van der Waals surface area contributed by atoms with Gasteiger partial charge in [-0.3, -0.25) is 4.99 Å². The molecule has 2 fully saturated rings. The van der Waals surface area contributed by atoms with Crippen molar-refractivity contribution in [3.8, 4) is 0 Å². The summed E-state index contributed by atoms with van der Waals surface area (Å²) in [5, 5.41) is 6.81. The molecule has 0 aliphatic carbocycles. The Morgan fingerprint density at radius 3 is 2.73 bits per heavy atom. The molecule has 0 radical (unpaired) electrons. The molecule has 6 nitrogen and oxygen atoms in total. The van der Waals surface area contributed by atoms with Crippen molar-refractivity contribution >= 4 is 15.8 Å².